The minimum absolute atomic E-state index is 0.183. The second-order valence-corrected chi connectivity index (χ2v) is 9.42. The van der Waals surface area contributed by atoms with Crippen molar-refractivity contribution in [1.82, 2.24) is 4.90 Å². The Balaban J connectivity index is 1.36. The number of ether oxygens (including phenoxy) is 2. The Labute approximate surface area is 184 Å². The zero-order chi connectivity index (χ0) is 20.6. The number of hydrogen-bond donors (Lipinski definition) is 0. The third-order valence-electron chi connectivity index (χ3n) is 6.25. The van der Waals surface area contributed by atoms with Crippen LogP contribution in [-0.4, -0.2) is 36.7 Å². The highest BCUT2D eigenvalue weighted by atomic mass is 32.1. The molecule has 2 aliphatic rings. The molecule has 2 aromatic rings. The van der Waals surface area contributed by atoms with E-state index in [1.165, 1.54) is 31.2 Å². The molecule has 4 rings (SSSR count). The Morgan fingerprint density at radius 2 is 2.03 bits per heavy atom. The van der Waals surface area contributed by atoms with Crippen molar-refractivity contribution in [3.05, 3.63) is 52.2 Å². The van der Waals surface area contributed by atoms with Gasteiger partial charge in [0.05, 0.1) is 12.7 Å². The van der Waals surface area contributed by atoms with Crippen molar-refractivity contribution in [3.63, 3.8) is 0 Å². The summed E-state index contributed by atoms with van der Waals surface area (Å²) in [6.07, 6.45) is 8.88. The lowest BCUT2D eigenvalue weighted by atomic mass is 10.0. The van der Waals surface area contributed by atoms with Crippen LogP contribution in [0.15, 0.2) is 41.1 Å². The fourth-order valence-corrected chi connectivity index (χ4v) is 5.26. The fourth-order valence-electron chi connectivity index (χ4n) is 4.55. The molecule has 0 spiro atoms. The van der Waals surface area contributed by atoms with Crippen LogP contribution in [0.3, 0.4) is 0 Å². The minimum atomic E-state index is 0.183. The van der Waals surface area contributed by atoms with Crippen molar-refractivity contribution < 1.29 is 14.3 Å². The summed E-state index contributed by atoms with van der Waals surface area (Å²) in [4.78, 5) is 15.1. The van der Waals surface area contributed by atoms with E-state index in [9.17, 15) is 4.79 Å². The average Bonchev–Trinajstić information content (AvgIpc) is 3.52. The number of carbonyl (C=O) groups excluding carboxylic acids is 1. The van der Waals surface area contributed by atoms with Crippen LogP contribution in [0, 0.1) is 5.92 Å². The molecule has 2 fully saturated rings. The van der Waals surface area contributed by atoms with Gasteiger partial charge in [-0.05, 0) is 71.7 Å². The number of carbonyl (C=O) groups is 1. The fraction of sp³-hybridized carbons (Fsp3) is 0.560. The number of nitrogens with zero attached hydrogens (tertiary/aromatic N) is 1. The van der Waals surface area contributed by atoms with Crippen LogP contribution < -0.4 is 4.74 Å². The molecule has 1 aliphatic carbocycles. The zero-order valence-electron chi connectivity index (χ0n) is 17.8. The van der Waals surface area contributed by atoms with Crippen LogP contribution in [-0.2, 0) is 22.5 Å². The van der Waals surface area contributed by atoms with Crippen LogP contribution in [0.4, 0.5) is 0 Å². The molecule has 0 radical (unpaired) electrons. The van der Waals surface area contributed by atoms with Crippen molar-refractivity contribution >= 4 is 17.2 Å². The molecule has 1 saturated carbocycles. The average molecular weight is 428 g/mol. The predicted octanol–water partition coefficient (Wildman–Crippen LogP) is 5.46. The minimum Gasteiger partial charge on any atom is -0.493 e. The van der Waals surface area contributed by atoms with E-state index in [1.54, 1.807) is 11.3 Å². The van der Waals surface area contributed by atoms with Gasteiger partial charge in [-0.15, -0.1) is 0 Å². The molecule has 0 N–H and O–H groups in total. The SMILES string of the molecule is O=C(CC1CCCC1)N(Cc1cccc(OCCc2ccsc2)c1)CC1CCCO1. The van der Waals surface area contributed by atoms with E-state index in [1.807, 2.05) is 17.0 Å². The molecule has 0 bridgehead atoms. The number of benzene rings is 1. The highest BCUT2D eigenvalue weighted by Gasteiger charge is 2.26. The molecular weight excluding hydrogens is 394 g/mol. The van der Waals surface area contributed by atoms with Gasteiger partial charge >= 0.3 is 0 Å². The van der Waals surface area contributed by atoms with E-state index in [0.717, 1.165) is 37.2 Å². The lowest BCUT2D eigenvalue weighted by Crippen LogP contribution is -2.37. The third-order valence-corrected chi connectivity index (χ3v) is 6.98. The lowest BCUT2D eigenvalue weighted by Gasteiger charge is -2.27. The van der Waals surface area contributed by atoms with E-state index >= 15 is 0 Å². The van der Waals surface area contributed by atoms with Crippen LogP contribution in [0.1, 0.15) is 56.1 Å². The van der Waals surface area contributed by atoms with Crippen LogP contribution in [0.25, 0.3) is 0 Å². The summed E-state index contributed by atoms with van der Waals surface area (Å²) in [5, 5.41) is 4.26. The largest absolute Gasteiger partial charge is 0.493 e. The molecule has 30 heavy (non-hydrogen) atoms. The molecular formula is C25H33NO3S. The first-order valence-electron chi connectivity index (χ1n) is 11.4. The van der Waals surface area contributed by atoms with E-state index in [-0.39, 0.29) is 12.0 Å². The Morgan fingerprint density at radius 3 is 2.80 bits per heavy atom. The Bertz CT molecular complexity index is 779. The first-order valence-corrected chi connectivity index (χ1v) is 12.3. The van der Waals surface area contributed by atoms with Crippen LogP contribution >= 0.6 is 11.3 Å². The summed E-state index contributed by atoms with van der Waals surface area (Å²) in [6.45, 7) is 2.82. The van der Waals surface area contributed by atoms with Gasteiger partial charge in [0.2, 0.25) is 5.91 Å². The van der Waals surface area contributed by atoms with E-state index < -0.39 is 0 Å². The van der Waals surface area contributed by atoms with Gasteiger partial charge in [-0.3, -0.25) is 4.79 Å². The first-order chi connectivity index (χ1) is 14.8. The number of rotatable bonds is 10. The summed E-state index contributed by atoms with van der Waals surface area (Å²) < 4.78 is 11.8. The maximum absolute atomic E-state index is 13.1. The second kappa shape index (κ2) is 11.0. The van der Waals surface area contributed by atoms with Gasteiger partial charge in [0.15, 0.2) is 0 Å². The van der Waals surface area contributed by atoms with Gasteiger partial charge in [0.1, 0.15) is 5.75 Å². The normalized spacial score (nSPS) is 19.3. The highest BCUT2D eigenvalue weighted by Crippen LogP contribution is 2.29. The van der Waals surface area contributed by atoms with E-state index in [4.69, 9.17) is 9.47 Å². The molecule has 1 aromatic heterocycles. The summed E-state index contributed by atoms with van der Waals surface area (Å²) in [5.41, 5.74) is 2.44. The molecule has 1 aliphatic heterocycles. The van der Waals surface area contributed by atoms with Gasteiger partial charge < -0.3 is 14.4 Å². The van der Waals surface area contributed by atoms with Gasteiger partial charge in [-0.1, -0.05) is 25.0 Å². The number of hydrogen-bond acceptors (Lipinski definition) is 4. The van der Waals surface area contributed by atoms with Gasteiger partial charge in [0.25, 0.3) is 0 Å². The Hall–Kier alpha value is -1.85. The molecule has 162 valence electrons. The monoisotopic (exact) mass is 427 g/mol. The summed E-state index contributed by atoms with van der Waals surface area (Å²) in [6, 6.07) is 10.3. The van der Waals surface area contributed by atoms with Gasteiger partial charge in [-0.2, -0.15) is 11.3 Å². The summed E-state index contributed by atoms with van der Waals surface area (Å²) in [7, 11) is 0. The number of amides is 1. The van der Waals surface area contributed by atoms with Crippen molar-refractivity contribution in [2.24, 2.45) is 5.92 Å². The van der Waals surface area contributed by atoms with Crippen molar-refractivity contribution in [2.75, 3.05) is 19.8 Å². The van der Waals surface area contributed by atoms with Crippen LogP contribution in [0.2, 0.25) is 0 Å². The van der Waals surface area contributed by atoms with Crippen molar-refractivity contribution in [1.29, 1.82) is 0 Å². The smallest absolute Gasteiger partial charge is 0.223 e. The molecule has 1 atom stereocenters. The maximum atomic E-state index is 13.1. The van der Waals surface area contributed by atoms with Crippen molar-refractivity contribution in [3.8, 4) is 5.75 Å². The predicted molar refractivity (Wildman–Crippen MR) is 121 cm³/mol. The molecule has 2 heterocycles. The third kappa shape index (κ3) is 6.32. The van der Waals surface area contributed by atoms with Crippen LogP contribution in [0.5, 0.6) is 5.75 Å². The molecule has 5 heteroatoms. The standard InChI is InChI=1S/C25H33NO3S/c27-25(16-20-5-1-2-6-20)26(18-24-9-4-12-28-24)17-22-7-3-8-23(15-22)29-13-10-21-11-14-30-19-21/h3,7-8,11,14-15,19-20,24H,1-2,4-6,9-10,12-13,16-18H2. The summed E-state index contributed by atoms with van der Waals surface area (Å²) in [5.74, 6) is 1.72. The molecule has 1 amide bonds. The molecule has 1 aromatic carbocycles. The highest BCUT2D eigenvalue weighted by molar-refractivity contribution is 7.07. The van der Waals surface area contributed by atoms with E-state index in [0.29, 0.717) is 32.0 Å². The van der Waals surface area contributed by atoms with Crippen molar-refractivity contribution in [2.45, 2.75) is 64.0 Å². The second-order valence-electron chi connectivity index (χ2n) is 8.64. The lowest BCUT2D eigenvalue weighted by molar-refractivity contribution is -0.134. The quantitative estimate of drug-likeness (QED) is 0.505. The zero-order valence-corrected chi connectivity index (χ0v) is 18.6. The molecule has 1 unspecified atom stereocenters. The number of thiophene rings is 1. The molecule has 1 saturated heterocycles. The Kier molecular flexibility index (Phi) is 7.82. The topological polar surface area (TPSA) is 38.8 Å². The van der Waals surface area contributed by atoms with E-state index in [2.05, 4.69) is 29.0 Å². The Morgan fingerprint density at radius 1 is 1.13 bits per heavy atom. The summed E-state index contributed by atoms with van der Waals surface area (Å²) >= 11 is 1.72. The van der Waals surface area contributed by atoms with Gasteiger partial charge in [-0.25, -0.2) is 0 Å². The maximum Gasteiger partial charge on any atom is 0.223 e. The van der Waals surface area contributed by atoms with Gasteiger partial charge in [0, 0.05) is 32.5 Å². The molecule has 4 nitrogen and oxygen atoms in total. The first kappa shape index (κ1) is 21.4.